The zero-order chi connectivity index (χ0) is 22.0. The Labute approximate surface area is 190 Å². The number of nitrogens with zero attached hydrogens (tertiary/aromatic N) is 4. The predicted octanol–water partition coefficient (Wildman–Crippen LogP) is 3.99. The third kappa shape index (κ3) is 3.76. The largest absolute Gasteiger partial charge is 0.444 e. The molecule has 0 bridgehead atoms. The summed E-state index contributed by atoms with van der Waals surface area (Å²) in [7, 11) is 0. The first-order chi connectivity index (χ1) is 15.3. The Bertz CT molecular complexity index is 1170. The topological polar surface area (TPSA) is 108 Å². The van der Waals surface area contributed by atoms with E-state index in [0.29, 0.717) is 17.8 Å². The Balaban J connectivity index is 1.15. The van der Waals surface area contributed by atoms with Gasteiger partial charge in [-0.15, -0.1) is 11.3 Å². The number of ether oxygens (including phenoxy) is 1. The van der Waals surface area contributed by atoms with Crippen LogP contribution < -0.4 is 15.5 Å². The minimum Gasteiger partial charge on any atom is -0.444 e. The number of aromatic nitrogens is 4. The van der Waals surface area contributed by atoms with Crippen LogP contribution in [0.4, 0.5) is 22.4 Å². The molecule has 0 radical (unpaired) electrons. The average molecular weight is 454 g/mol. The Morgan fingerprint density at radius 1 is 1.25 bits per heavy atom. The molecule has 1 unspecified atom stereocenters. The molecular formula is C22H27N7O2S. The maximum absolute atomic E-state index is 12.1. The Kier molecular flexibility index (Phi) is 4.36. The quantitative estimate of drug-likeness (QED) is 0.536. The van der Waals surface area contributed by atoms with E-state index in [-0.39, 0.29) is 12.1 Å². The molecule has 9 nitrogen and oxygen atoms in total. The molecule has 1 aliphatic heterocycles. The molecule has 168 valence electrons. The van der Waals surface area contributed by atoms with Crippen LogP contribution in [0.5, 0.6) is 0 Å². The lowest BCUT2D eigenvalue weighted by Crippen LogP contribution is -2.38. The number of amides is 1. The molecule has 6 rings (SSSR count). The van der Waals surface area contributed by atoms with Crippen molar-refractivity contribution in [3.63, 3.8) is 0 Å². The number of hydrogen-bond donors (Lipinski definition) is 3. The van der Waals surface area contributed by atoms with Crippen LogP contribution in [0.2, 0.25) is 0 Å². The van der Waals surface area contributed by atoms with Crippen molar-refractivity contribution in [2.24, 2.45) is 11.8 Å². The van der Waals surface area contributed by atoms with Crippen LogP contribution in [-0.2, 0) is 4.74 Å². The van der Waals surface area contributed by atoms with Crippen LogP contribution in [0.3, 0.4) is 0 Å². The molecule has 0 spiro atoms. The van der Waals surface area contributed by atoms with E-state index in [0.717, 1.165) is 40.9 Å². The fourth-order valence-corrected chi connectivity index (χ4v) is 5.33. The highest BCUT2D eigenvalue weighted by Gasteiger charge is 2.57. The molecule has 3 aromatic heterocycles. The number of piperidine rings is 1. The van der Waals surface area contributed by atoms with Gasteiger partial charge in [-0.3, -0.25) is 5.10 Å². The number of fused-ring (bicyclic) bond motifs is 2. The van der Waals surface area contributed by atoms with Gasteiger partial charge in [0.2, 0.25) is 5.95 Å². The Hall–Kier alpha value is -2.88. The van der Waals surface area contributed by atoms with E-state index in [9.17, 15) is 4.79 Å². The minimum atomic E-state index is -0.485. The average Bonchev–Trinajstić information content (AvgIpc) is 3.42. The summed E-state index contributed by atoms with van der Waals surface area (Å²) in [4.78, 5) is 24.0. The highest BCUT2D eigenvalue weighted by Crippen LogP contribution is 2.47. The van der Waals surface area contributed by atoms with Crippen molar-refractivity contribution in [2.45, 2.75) is 51.2 Å². The van der Waals surface area contributed by atoms with Crippen LogP contribution in [0, 0.1) is 11.8 Å². The van der Waals surface area contributed by atoms with Gasteiger partial charge in [-0.1, -0.05) is 0 Å². The van der Waals surface area contributed by atoms with Crippen molar-refractivity contribution >= 4 is 45.2 Å². The number of carbonyl (C=O) groups excluding carboxylic acids is 1. The van der Waals surface area contributed by atoms with Crippen molar-refractivity contribution in [1.82, 2.24) is 25.5 Å². The van der Waals surface area contributed by atoms with E-state index in [1.807, 2.05) is 32.2 Å². The van der Waals surface area contributed by atoms with Gasteiger partial charge in [0.15, 0.2) is 11.6 Å². The lowest BCUT2D eigenvalue weighted by atomic mass is 10.2. The smallest absolute Gasteiger partial charge is 0.407 e. The van der Waals surface area contributed by atoms with Gasteiger partial charge < -0.3 is 20.3 Å². The van der Waals surface area contributed by atoms with Gasteiger partial charge in [-0.05, 0) is 45.1 Å². The van der Waals surface area contributed by atoms with E-state index < -0.39 is 5.60 Å². The first kappa shape index (κ1) is 19.8. The molecule has 3 aliphatic rings. The number of thiophene rings is 1. The van der Waals surface area contributed by atoms with Gasteiger partial charge in [0.1, 0.15) is 5.60 Å². The van der Waals surface area contributed by atoms with E-state index in [2.05, 4.69) is 31.8 Å². The molecular weight excluding hydrogens is 426 g/mol. The lowest BCUT2D eigenvalue weighted by molar-refractivity contribution is 0.0518. The number of aromatic amines is 1. The molecule has 3 fully saturated rings. The van der Waals surface area contributed by atoms with Crippen LogP contribution in [0.25, 0.3) is 10.2 Å². The van der Waals surface area contributed by atoms with Crippen LogP contribution in [-0.4, -0.2) is 51.0 Å². The standard InChI is InChI=1S/C22H27N7O2S/c1-22(2,3)31-21(30)25-17-12-9-29(10-13(12)17)20-23-14-6-7-32-18(14)19(26-20)24-16-8-15(27-28-16)11-4-5-11/h6-8,11-13,17H,4-5,9-10H2,1-3H3,(H,25,30)(H2,23,24,26,27,28)/t12-,13+,17?. The molecule has 2 saturated carbocycles. The molecule has 3 atom stereocenters. The van der Waals surface area contributed by atoms with Gasteiger partial charge in [0.05, 0.1) is 10.2 Å². The first-order valence-corrected chi connectivity index (χ1v) is 12.0. The molecule has 2 aliphatic carbocycles. The second-order valence-electron chi connectivity index (χ2n) is 10.0. The number of H-pyrrole nitrogens is 1. The summed E-state index contributed by atoms with van der Waals surface area (Å²) in [6.07, 6.45) is 2.13. The molecule has 3 N–H and O–H groups in total. The maximum Gasteiger partial charge on any atom is 0.407 e. The fraction of sp³-hybridized carbons (Fsp3) is 0.545. The van der Waals surface area contributed by atoms with Crippen molar-refractivity contribution in [3.05, 3.63) is 23.2 Å². The highest BCUT2D eigenvalue weighted by molar-refractivity contribution is 7.17. The van der Waals surface area contributed by atoms with Gasteiger partial charge in [-0.2, -0.15) is 10.1 Å². The molecule has 1 amide bonds. The van der Waals surface area contributed by atoms with E-state index in [1.54, 1.807) is 11.3 Å². The summed E-state index contributed by atoms with van der Waals surface area (Å²) in [5, 5.41) is 16.0. The number of rotatable bonds is 5. The van der Waals surface area contributed by atoms with Crippen LogP contribution >= 0.6 is 11.3 Å². The molecule has 32 heavy (non-hydrogen) atoms. The molecule has 3 aromatic rings. The third-order valence-corrected chi connectivity index (χ3v) is 7.22. The van der Waals surface area contributed by atoms with E-state index >= 15 is 0 Å². The van der Waals surface area contributed by atoms with Crippen molar-refractivity contribution < 1.29 is 9.53 Å². The summed E-state index contributed by atoms with van der Waals surface area (Å²) in [5.74, 6) is 3.75. The van der Waals surface area contributed by atoms with Gasteiger partial charge in [-0.25, -0.2) is 9.78 Å². The normalized spacial score (nSPS) is 24.5. The third-order valence-electron chi connectivity index (χ3n) is 6.31. The Morgan fingerprint density at radius 3 is 2.75 bits per heavy atom. The molecule has 1 saturated heterocycles. The summed E-state index contributed by atoms with van der Waals surface area (Å²) >= 11 is 1.63. The van der Waals surface area contributed by atoms with E-state index in [1.165, 1.54) is 18.5 Å². The minimum absolute atomic E-state index is 0.175. The summed E-state index contributed by atoms with van der Waals surface area (Å²) in [6, 6.07) is 4.28. The zero-order valence-electron chi connectivity index (χ0n) is 18.4. The van der Waals surface area contributed by atoms with Gasteiger partial charge in [0, 0.05) is 48.6 Å². The van der Waals surface area contributed by atoms with E-state index in [4.69, 9.17) is 14.7 Å². The van der Waals surface area contributed by atoms with Crippen LogP contribution in [0.1, 0.15) is 45.2 Å². The Morgan fingerprint density at radius 2 is 2.03 bits per heavy atom. The van der Waals surface area contributed by atoms with Gasteiger partial charge in [0.25, 0.3) is 0 Å². The van der Waals surface area contributed by atoms with Crippen LogP contribution in [0.15, 0.2) is 17.5 Å². The van der Waals surface area contributed by atoms with Crippen molar-refractivity contribution in [2.75, 3.05) is 23.3 Å². The molecule has 10 heteroatoms. The SMILES string of the molecule is CC(C)(C)OC(=O)NC1[C@H]2CN(c3nc(Nc4cc(C5CC5)[nH]n4)c4sccc4n3)C[C@@H]12. The zero-order valence-corrected chi connectivity index (χ0v) is 19.2. The molecule has 4 heterocycles. The number of anilines is 3. The lowest BCUT2D eigenvalue weighted by Gasteiger charge is -2.23. The summed E-state index contributed by atoms with van der Waals surface area (Å²) in [5.41, 5.74) is 1.64. The monoisotopic (exact) mass is 453 g/mol. The molecule has 0 aromatic carbocycles. The first-order valence-electron chi connectivity index (χ1n) is 11.2. The van der Waals surface area contributed by atoms with Crippen molar-refractivity contribution in [1.29, 1.82) is 0 Å². The highest BCUT2D eigenvalue weighted by atomic mass is 32.1. The number of carbonyl (C=O) groups is 1. The number of alkyl carbamates (subject to hydrolysis) is 1. The van der Waals surface area contributed by atoms with Crippen molar-refractivity contribution in [3.8, 4) is 0 Å². The second-order valence-corrected chi connectivity index (χ2v) is 10.9. The predicted molar refractivity (Wildman–Crippen MR) is 124 cm³/mol. The number of hydrogen-bond acceptors (Lipinski definition) is 8. The second kappa shape index (κ2) is 7.06. The summed E-state index contributed by atoms with van der Waals surface area (Å²) < 4.78 is 6.42. The maximum atomic E-state index is 12.1. The number of nitrogens with one attached hydrogen (secondary N) is 3. The van der Waals surface area contributed by atoms with Gasteiger partial charge >= 0.3 is 6.09 Å². The summed E-state index contributed by atoms with van der Waals surface area (Å²) in [6.45, 7) is 7.28. The fourth-order valence-electron chi connectivity index (χ4n) is 4.55.